The van der Waals surface area contributed by atoms with Crippen LogP contribution in [-0.4, -0.2) is 76.0 Å². The van der Waals surface area contributed by atoms with Crippen molar-refractivity contribution in [3.8, 4) is 11.5 Å². The molecule has 12 aliphatic heterocycles. The average molecular weight is 910 g/mol. The molecule has 4 nitrogen and oxygen atoms in total. The van der Waals surface area contributed by atoms with Gasteiger partial charge in [0.15, 0.2) is 11.6 Å². The largest absolute Gasteiger partial charge is 0.744 e. The highest BCUT2D eigenvalue weighted by molar-refractivity contribution is 8.04. The summed E-state index contributed by atoms with van der Waals surface area (Å²) in [5.74, 6) is -4.92. The summed E-state index contributed by atoms with van der Waals surface area (Å²) >= 11 is 13.0. The maximum absolute atomic E-state index is 16.1. The SMILES string of the molecule is O=S(=O)([O-])c1c(F)c(F)c(Oc2c(C3CC4SC3C3C5CCC(S5)C43)cc(C3CC4SC3C3C5CCC(S5)C43)cc2C2CC3SC2C2C4CCC(S4)C32)c(F)c1F. The van der Waals surface area contributed by atoms with Crippen molar-refractivity contribution in [2.45, 2.75) is 143 Å². The van der Waals surface area contributed by atoms with Crippen LogP contribution in [-0.2, 0) is 10.1 Å². The minimum atomic E-state index is -5.86. The molecule has 21 atom stereocenters. The smallest absolute Gasteiger partial charge is 0.205 e. The zero-order chi connectivity index (χ0) is 38.1. The van der Waals surface area contributed by atoms with Crippen molar-refractivity contribution >= 4 is 80.7 Å². The van der Waals surface area contributed by atoms with Crippen LogP contribution in [0.4, 0.5) is 17.6 Å². The molecule has 12 bridgehead atoms. The number of hydrogen-bond donors (Lipinski definition) is 0. The van der Waals surface area contributed by atoms with E-state index in [1.54, 1.807) is 0 Å². The molecular formula is C42H41F4O4S7-. The second-order valence-electron chi connectivity index (χ2n) is 19.3. The van der Waals surface area contributed by atoms with Crippen LogP contribution in [0, 0.1) is 58.8 Å². The number of thioether (sulfide) groups is 6. The molecule has 12 aliphatic rings. The Labute approximate surface area is 356 Å². The molecule has 12 fully saturated rings. The zero-order valence-corrected chi connectivity index (χ0v) is 36.4. The van der Waals surface area contributed by atoms with Gasteiger partial charge in [0.05, 0.1) is 0 Å². The van der Waals surface area contributed by atoms with Crippen LogP contribution in [0.2, 0.25) is 0 Å². The van der Waals surface area contributed by atoms with Gasteiger partial charge in [0.25, 0.3) is 0 Å². The van der Waals surface area contributed by atoms with Gasteiger partial charge in [0.1, 0.15) is 20.8 Å². The summed E-state index contributed by atoms with van der Waals surface area (Å²) in [5.41, 5.74) is 3.15. The highest BCUT2D eigenvalue weighted by Gasteiger charge is 2.67. The summed E-state index contributed by atoms with van der Waals surface area (Å²) in [6, 6.07) is 4.61. The Balaban J connectivity index is 0.950. The molecule has 0 radical (unpaired) electrons. The van der Waals surface area contributed by atoms with Crippen molar-refractivity contribution in [1.29, 1.82) is 0 Å². The van der Waals surface area contributed by atoms with Crippen molar-refractivity contribution in [2.75, 3.05) is 0 Å². The predicted molar refractivity (Wildman–Crippen MR) is 222 cm³/mol. The van der Waals surface area contributed by atoms with Crippen LogP contribution in [0.15, 0.2) is 17.0 Å². The summed E-state index contributed by atoms with van der Waals surface area (Å²) in [6.45, 7) is 0. The molecule has 0 saturated carbocycles. The van der Waals surface area contributed by atoms with Gasteiger partial charge < -0.3 is 9.29 Å². The first-order valence-corrected chi connectivity index (χ1v) is 28.2. The lowest BCUT2D eigenvalue weighted by atomic mass is 9.63. The van der Waals surface area contributed by atoms with E-state index in [0.717, 1.165) is 46.8 Å². The molecule has 0 aliphatic carbocycles. The minimum Gasteiger partial charge on any atom is -0.744 e. The van der Waals surface area contributed by atoms with Crippen LogP contribution in [0.3, 0.4) is 0 Å². The Hall–Kier alpha value is -0.0300. The van der Waals surface area contributed by atoms with Crippen molar-refractivity contribution in [3.63, 3.8) is 0 Å². The van der Waals surface area contributed by atoms with Gasteiger partial charge in [0.2, 0.25) is 17.4 Å². The van der Waals surface area contributed by atoms with E-state index in [-0.39, 0.29) is 11.8 Å². The normalized spacial score (nSPS) is 50.9. The molecule has 0 aromatic heterocycles. The van der Waals surface area contributed by atoms with Crippen LogP contribution >= 0.6 is 70.6 Å². The fraction of sp³-hybridized carbons (Fsp3) is 0.714. The third kappa shape index (κ3) is 4.76. The predicted octanol–water partition coefficient (Wildman–Crippen LogP) is 10.4. The first kappa shape index (κ1) is 36.5. The number of benzene rings is 2. The summed E-state index contributed by atoms with van der Waals surface area (Å²) in [7, 11) is -5.86. The van der Waals surface area contributed by atoms with E-state index < -0.39 is 44.0 Å². The van der Waals surface area contributed by atoms with E-state index in [2.05, 4.69) is 82.7 Å². The lowest BCUT2D eigenvalue weighted by Crippen LogP contribution is -2.40. The maximum atomic E-state index is 16.1. The third-order valence-corrected chi connectivity index (χ3v) is 29.0. The van der Waals surface area contributed by atoms with Crippen LogP contribution in [0.25, 0.3) is 0 Å². The summed E-state index contributed by atoms with van der Waals surface area (Å²) < 4.78 is 105. The molecule has 2 aromatic carbocycles. The lowest BCUT2D eigenvalue weighted by Gasteiger charge is -2.40. The molecule has 12 heterocycles. The maximum Gasteiger partial charge on any atom is 0.205 e. The van der Waals surface area contributed by atoms with Crippen molar-refractivity contribution in [2.24, 2.45) is 35.5 Å². The Morgan fingerprint density at radius 1 is 0.491 bits per heavy atom. The fourth-order valence-corrected chi connectivity index (χ4v) is 29.8. The summed E-state index contributed by atoms with van der Waals surface area (Å²) in [4.78, 5) is -2.14. The van der Waals surface area contributed by atoms with Crippen LogP contribution in [0.5, 0.6) is 11.5 Å². The van der Waals surface area contributed by atoms with E-state index in [4.69, 9.17) is 4.74 Å². The molecule has 2 aromatic rings. The minimum absolute atomic E-state index is 0.0612. The van der Waals surface area contributed by atoms with E-state index in [9.17, 15) is 13.0 Å². The van der Waals surface area contributed by atoms with E-state index in [1.807, 2.05) is 0 Å². The second-order valence-corrected chi connectivity index (χ2v) is 29.3. The molecular weight excluding hydrogens is 869 g/mol. The molecule has 14 rings (SSSR count). The van der Waals surface area contributed by atoms with Gasteiger partial charge in [-0.15, -0.1) is 0 Å². The molecule has 12 saturated heterocycles. The molecule has 0 N–H and O–H groups in total. The Kier molecular flexibility index (Phi) is 7.91. The first-order chi connectivity index (χ1) is 27.5. The molecule has 15 heteroatoms. The lowest BCUT2D eigenvalue weighted by molar-refractivity contribution is 0.224. The van der Waals surface area contributed by atoms with E-state index in [1.165, 1.54) is 44.1 Å². The molecule has 0 spiro atoms. The second kappa shape index (κ2) is 12.4. The topological polar surface area (TPSA) is 66.4 Å². The summed E-state index contributed by atoms with van der Waals surface area (Å²) in [5, 5.41) is 6.96. The number of ether oxygens (including phenoxy) is 1. The van der Waals surface area contributed by atoms with Gasteiger partial charge in [-0.05, 0) is 116 Å². The van der Waals surface area contributed by atoms with Gasteiger partial charge in [-0.1, -0.05) is 12.1 Å². The van der Waals surface area contributed by atoms with Gasteiger partial charge in [-0.3, -0.25) is 0 Å². The summed E-state index contributed by atoms with van der Waals surface area (Å²) in [6.07, 6.45) is 10.7. The molecule has 57 heavy (non-hydrogen) atoms. The third-order valence-electron chi connectivity index (χ3n) is 17.3. The van der Waals surface area contributed by atoms with E-state index in [0.29, 0.717) is 93.8 Å². The van der Waals surface area contributed by atoms with Crippen LogP contribution < -0.4 is 4.74 Å². The highest BCUT2D eigenvalue weighted by Crippen LogP contribution is 2.74. The molecule has 0 amide bonds. The Morgan fingerprint density at radius 3 is 1.26 bits per heavy atom. The highest BCUT2D eigenvalue weighted by atomic mass is 32.2. The quantitative estimate of drug-likeness (QED) is 0.159. The number of halogens is 4. The monoisotopic (exact) mass is 909 g/mol. The van der Waals surface area contributed by atoms with Gasteiger partial charge in [-0.2, -0.15) is 79.4 Å². The Morgan fingerprint density at radius 2 is 0.860 bits per heavy atom. The van der Waals surface area contributed by atoms with Gasteiger partial charge in [0, 0.05) is 74.8 Å². The van der Waals surface area contributed by atoms with Crippen LogP contribution in [0.1, 0.15) is 92.2 Å². The Bertz CT molecular complexity index is 2160. The molecule has 21 unspecified atom stereocenters. The number of rotatable bonds is 6. The molecule has 304 valence electrons. The zero-order valence-electron chi connectivity index (χ0n) is 30.6. The standard InChI is InChI=1S/C42H42F4O4S7/c43-33-35(45)42(57(47,48)49)36(46)34(44)38(33)50-37-14(16-10-25-28-19-2-5-22(52-19)31(28)40(16)55-25)7-12(13-9-24-27-18-1-4-21(51-18)30(27)39(13)54-24)8-15(37)17-11-26-29-20-3-6-23(53-20)32(29)41(17)56-26/h7-8,13,16-32,39-41H,1-6,9-11H2,(H,47,48,49)/p-1. The number of fused-ring (bicyclic) bond motifs is 27. The number of hydrogen-bond acceptors (Lipinski definition) is 10. The van der Waals surface area contributed by atoms with E-state index >= 15 is 17.6 Å². The average Bonchev–Trinajstić information content (AvgIpc) is 4.03. The fourth-order valence-electron chi connectivity index (χ4n) is 15.6. The van der Waals surface area contributed by atoms with Crippen molar-refractivity contribution in [3.05, 3.63) is 52.1 Å². The van der Waals surface area contributed by atoms with Gasteiger partial charge >= 0.3 is 0 Å². The van der Waals surface area contributed by atoms with Gasteiger partial charge in [-0.25, -0.2) is 17.2 Å². The van der Waals surface area contributed by atoms with Crippen molar-refractivity contribution in [1.82, 2.24) is 0 Å². The van der Waals surface area contributed by atoms with Crippen molar-refractivity contribution < 1.29 is 35.3 Å². The first-order valence-electron chi connectivity index (χ1n) is 21.1.